The third kappa shape index (κ3) is 10.1. The van der Waals surface area contributed by atoms with E-state index in [1.807, 2.05) is 74.5 Å². The number of alkyl carbamates (subject to hydrolysis) is 2. The normalized spacial score (nSPS) is 12.1. The van der Waals surface area contributed by atoms with Gasteiger partial charge in [0, 0.05) is 4.88 Å². The Morgan fingerprint density at radius 2 is 1.27 bits per heavy atom. The van der Waals surface area contributed by atoms with Crippen molar-refractivity contribution in [3.05, 3.63) is 93.7 Å². The molecule has 212 valence electrons. The molecule has 0 aliphatic heterocycles. The number of carbonyl (C=O) groups is 4. The van der Waals surface area contributed by atoms with Crippen molar-refractivity contribution in [2.45, 2.75) is 52.5 Å². The predicted molar refractivity (Wildman–Crippen MR) is 151 cm³/mol. The number of hydrogen-bond acceptors (Lipinski definition) is 7. The van der Waals surface area contributed by atoms with E-state index in [0.717, 1.165) is 16.0 Å². The maximum Gasteiger partial charge on any atom is 0.408 e. The molecule has 1 aromatic heterocycles. The average molecular weight is 567 g/mol. The molecule has 0 bridgehead atoms. The number of hydrogen-bond donors (Lipinski definition) is 4. The molecular formula is C29H34N4O6S. The van der Waals surface area contributed by atoms with Crippen LogP contribution in [0.4, 0.5) is 9.59 Å². The Labute approximate surface area is 237 Å². The summed E-state index contributed by atoms with van der Waals surface area (Å²) in [4.78, 5) is 50.9. The molecule has 0 fully saturated rings. The van der Waals surface area contributed by atoms with E-state index in [0.29, 0.717) is 11.3 Å². The number of amides is 4. The van der Waals surface area contributed by atoms with E-state index < -0.39 is 36.1 Å². The lowest BCUT2D eigenvalue weighted by atomic mass is 10.0. The molecule has 1 heterocycles. The van der Waals surface area contributed by atoms with Crippen molar-refractivity contribution in [2.75, 3.05) is 0 Å². The summed E-state index contributed by atoms with van der Waals surface area (Å²) in [5.74, 6) is -1.01. The molecule has 0 saturated heterocycles. The van der Waals surface area contributed by atoms with Gasteiger partial charge < -0.3 is 20.1 Å². The maximum atomic E-state index is 12.8. The minimum Gasteiger partial charge on any atom is -0.445 e. The van der Waals surface area contributed by atoms with Crippen LogP contribution in [0, 0.1) is 5.92 Å². The first-order valence-corrected chi connectivity index (χ1v) is 13.7. The second-order valence-corrected chi connectivity index (χ2v) is 10.6. The van der Waals surface area contributed by atoms with Crippen LogP contribution in [0.1, 0.15) is 58.9 Å². The van der Waals surface area contributed by atoms with E-state index >= 15 is 0 Å². The van der Waals surface area contributed by atoms with Crippen molar-refractivity contribution in [3.8, 4) is 0 Å². The van der Waals surface area contributed by atoms with Crippen LogP contribution >= 0.6 is 11.3 Å². The molecule has 3 aromatic rings. The van der Waals surface area contributed by atoms with Gasteiger partial charge in [0.2, 0.25) is 0 Å². The first-order valence-electron chi connectivity index (χ1n) is 12.9. The third-order valence-electron chi connectivity index (χ3n) is 5.65. The Bertz CT molecular complexity index is 1270. The Morgan fingerprint density at radius 3 is 1.82 bits per heavy atom. The fraction of sp³-hybridized carbons (Fsp3) is 0.310. The molecule has 10 nitrogen and oxygen atoms in total. The number of nitrogens with one attached hydrogen (secondary N) is 4. The first-order chi connectivity index (χ1) is 19.2. The molecule has 3 rings (SSSR count). The van der Waals surface area contributed by atoms with Crippen molar-refractivity contribution in [1.29, 1.82) is 0 Å². The van der Waals surface area contributed by atoms with Crippen LogP contribution in [0.2, 0.25) is 0 Å². The van der Waals surface area contributed by atoms with Gasteiger partial charge in [-0.1, -0.05) is 74.5 Å². The SMILES string of the molecule is CC(C)C[C@H](NC(=O)OCc1ccccc1)C(=O)NNC(=O)c1ccc(C(C)NC(=O)OCc2ccccc2)s1. The third-order valence-corrected chi connectivity index (χ3v) is 6.92. The van der Waals surface area contributed by atoms with E-state index in [-0.39, 0.29) is 19.1 Å². The summed E-state index contributed by atoms with van der Waals surface area (Å²) in [6, 6.07) is 20.5. The molecule has 0 spiro atoms. The fourth-order valence-electron chi connectivity index (χ4n) is 3.60. The van der Waals surface area contributed by atoms with Crippen LogP contribution in [-0.2, 0) is 27.5 Å². The monoisotopic (exact) mass is 566 g/mol. The lowest BCUT2D eigenvalue weighted by molar-refractivity contribution is -0.124. The van der Waals surface area contributed by atoms with Gasteiger partial charge in [-0.25, -0.2) is 9.59 Å². The summed E-state index contributed by atoms with van der Waals surface area (Å²) < 4.78 is 10.5. The zero-order chi connectivity index (χ0) is 28.9. The Kier molecular flexibility index (Phi) is 11.5. The lowest BCUT2D eigenvalue weighted by Gasteiger charge is -2.20. The molecular weight excluding hydrogens is 532 g/mol. The highest BCUT2D eigenvalue weighted by molar-refractivity contribution is 7.14. The first kappa shape index (κ1) is 30.2. The number of hydrazine groups is 1. The molecule has 1 unspecified atom stereocenters. The van der Waals surface area contributed by atoms with E-state index in [1.165, 1.54) is 11.3 Å². The van der Waals surface area contributed by atoms with Gasteiger partial charge in [0.1, 0.15) is 19.3 Å². The molecule has 40 heavy (non-hydrogen) atoms. The van der Waals surface area contributed by atoms with Crippen molar-refractivity contribution < 1.29 is 28.7 Å². The molecule has 0 aliphatic carbocycles. The van der Waals surface area contributed by atoms with Gasteiger partial charge in [0.15, 0.2) is 0 Å². The number of carbonyl (C=O) groups excluding carboxylic acids is 4. The van der Waals surface area contributed by atoms with E-state index in [4.69, 9.17) is 9.47 Å². The van der Waals surface area contributed by atoms with Crippen LogP contribution in [0.25, 0.3) is 0 Å². The van der Waals surface area contributed by atoms with Gasteiger partial charge >= 0.3 is 12.2 Å². The summed E-state index contributed by atoms with van der Waals surface area (Å²) in [6.07, 6.45) is -0.967. The minimum absolute atomic E-state index is 0.0676. The molecule has 2 atom stereocenters. The molecule has 4 N–H and O–H groups in total. The van der Waals surface area contributed by atoms with Crippen molar-refractivity contribution in [1.82, 2.24) is 21.5 Å². The summed E-state index contributed by atoms with van der Waals surface area (Å²) >= 11 is 1.17. The van der Waals surface area contributed by atoms with Crippen molar-refractivity contribution in [2.24, 2.45) is 5.92 Å². The van der Waals surface area contributed by atoms with E-state index in [9.17, 15) is 19.2 Å². The van der Waals surface area contributed by atoms with Crippen molar-refractivity contribution in [3.63, 3.8) is 0 Å². The van der Waals surface area contributed by atoms with Gasteiger partial charge in [-0.05, 0) is 42.5 Å². The minimum atomic E-state index is -0.909. The lowest BCUT2D eigenvalue weighted by Crippen LogP contribution is -2.52. The zero-order valence-electron chi connectivity index (χ0n) is 22.6. The molecule has 0 aliphatic rings. The van der Waals surface area contributed by atoms with E-state index in [2.05, 4.69) is 21.5 Å². The Hall–Kier alpha value is -4.38. The zero-order valence-corrected chi connectivity index (χ0v) is 23.5. The smallest absolute Gasteiger partial charge is 0.408 e. The molecule has 2 aromatic carbocycles. The number of benzene rings is 2. The van der Waals surface area contributed by atoms with Gasteiger partial charge in [-0.2, -0.15) is 0 Å². The highest BCUT2D eigenvalue weighted by Crippen LogP contribution is 2.23. The molecule has 11 heteroatoms. The van der Waals surface area contributed by atoms with Gasteiger partial charge in [0.25, 0.3) is 11.8 Å². The second-order valence-electron chi connectivity index (χ2n) is 9.46. The van der Waals surface area contributed by atoms with Crippen LogP contribution in [0.3, 0.4) is 0 Å². The second kappa shape index (κ2) is 15.3. The maximum absolute atomic E-state index is 12.8. The summed E-state index contributed by atoms with van der Waals surface area (Å²) in [7, 11) is 0. The highest BCUT2D eigenvalue weighted by atomic mass is 32.1. The Balaban J connectivity index is 1.46. The topological polar surface area (TPSA) is 135 Å². The Morgan fingerprint density at radius 1 is 0.725 bits per heavy atom. The van der Waals surface area contributed by atoms with Crippen LogP contribution in [0.5, 0.6) is 0 Å². The number of ether oxygens (including phenoxy) is 2. The standard InChI is InChI=1S/C29H34N4O6S/c1-19(2)16-23(31-29(37)39-18-22-12-8-5-9-13-22)26(34)32-33-27(35)25-15-14-24(40-25)20(3)30-28(36)38-17-21-10-6-4-7-11-21/h4-15,19-20,23H,16-18H2,1-3H3,(H,30,36)(H,31,37)(H,32,34)(H,33,35)/t20?,23-/m0/s1. The quantitative estimate of drug-likeness (QED) is 0.246. The summed E-state index contributed by atoms with van der Waals surface area (Å²) in [5.41, 5.74) is 6.45. The summed E-state index contributed by atoms with van der Waals surface area (Å²) in [5, 5.41) is 5.30. The summed E-state index contributed by atoms with van der Waals surface area (Å²) in [6.45, 7) is 5.82. The number of thiophene rings is 1. The highest BCUT2D eigenvalue weighted by Gasteiger charge is 2.24. The van der Waals surface area contributed by atoms with Gasteiger partial charge in [-0.15, -0.1) is 11.3 Å². The molecule has 0 saturated carbocycles. The van der Waals surface area contributed by atoms with Gasteiger partial charge in [-0.3, -0.25) is 20.4 Å². The van der Waals surface area contributed by atoms with Gasteiger partial charge in [0.05, 0.1) is 10.9 Å². The predicted octanol–water partition coefficient (Wildman–Crippen LogP) is 4.84. The van der Waals surface area contributed by atoms with Crippen molar-refractivity contribution >= 4 is 35.3 Å². The van der Waals surface area contributed by atoms with E-state index in [1.54, 1.807) is 19.1 Å². The fourth-order valence-corrected chi connectivity index (χ4v) is 4.50. The number of rotatable bonds is 11. The average Bonchev–Trinajstić information content (AvgIpc) is 3.45. The molecule has 4 amide bonds. The van der Waals surface area contributed by atoms with Crippen LogP contribution < -0.4 is 21.5 Å². The van der Waals surface area contributed by atoms with Crippen LogP contribution in [0.15, 0.2) is 72.8 Å². The largest absolute Gasteiger partial charge is 0.445 e. The van der Waals surface area contributed by atoms with Crippen LogP contribution in [-0.4, -0.2) is 30.0 Å². The molecule has 0 radical (unpaired) electrons.